The van der Waals surface area contributed by atoms with Crippen LogP contribution in [0.2, 0.25) is 0 Å². The van der Waals surface area contributed by atoms with Gasteiger partial charge in [-0.2, -0.15) is 0 Å². The van der Waals surface area contributed by atoms with E-state index >= 15 is 0 Å². The first-order chi connectivity index (χ1) is 14.8. The molecule has 0 unspecified atom stereocenters. The van der Waals surface area contributed by atoms with Crippen LogP contribution in [0.3, 0.4) is 0 Å². The molecule has 1 heterocycles. The summed E-state index contributed by atoms with van der Waals surface area (Å²) < 4.78 is 0. The molecule has 164 valence electrons. The zero-order valence-electron chi connectivity index (χ0n) is 19.2. The Morgan fingerprint density at radius 1 is 0.968 bits per heavy atom. The van der Waals surface area contributed by atoms with Crippen molar-refractivity contribution in [3.8, 4) is 0 Å². The minimum Gasteiger partial charge on any atom is -0.285 e. The van der Waals surface area contributed by atoms with Crippen molar-refractivity contribution >= 4 is 34.6 Å². The summed E-state index contributed by atoms with van der Waals surface area (Å²) in [5.41, 5.74) is 3.09. The quantitative estimate of drug-likeness (QED) is 0.465. The van der Waals surface area contributed by atoms with Crippen LogP contribution in [0, 0.1) is 18.8 Å². The first-order valence-electron chi connectivity index (χ1n) is 11.0. The maximum atomic E-state index is 13.4. The Kier molecular flexibility index (Phi) is 8.10. The normalized spacial score (nSPS) is 17.2. The number of hydrogen-bond donors (Lipinski definition) is 0. The van der Waals surface area contributed by atoms with Gasteiger partial charge in [0.05, 0.1) is 17.3 Å². The van der Waals surface area contributed by atoms with E-state index in [2.05, 4.69) is 51.7 Å². The smallest absolute Gasteiger partial charge is 0.267 e. The summed E-state index contributed by atoms with van der Waals surface area (Å²) in [5, 5.41) is 0.744. The van der Waals surface area contributed by atoms with E-state index in [0.717, 1.165) is 29.5 Å². The number of aryl methyl sites for hydroxylation is 1. The molecule has 31 heavy (non-hydrogen) atoms. The van der Waals surface area contributed by atoms with Crippen molar-refractivity contribution in [1.29, 1.82) is 0 Å². The lowest BCUT2D eigenvalue weighted by atomic mass is 10.1. The SMILES string of the molecule is Cc1ccc(N=C2S/C(=C\c3ccccc3)C(=O)N2CN(CC(C)C)CC(C)C)cc1. The number of aliphatic imine (C=N–C) groups is 1. The second kappa shape index (κ2) is 10.8. The number of amidine groups is 1. The third kappa shape index (κ3) is 6.81. The van der Waals surface area contributed by atoms with Crippen LogP contribution in [0.4, 0.5) is 5.69 Å². The fraction of sp³-hybridized carbons (Fsp3) is 0.385. The maximum Gasteiger partial charge on any atom is 0.267 e. The largest absolute Gasteiger partial charge is 0.285 e. The maximum absolute atomic E-state index is 13.4. The third-order valence-corrected chi connectivity index (χ3v) is 5.84. The number of carbonyl (C=O) groups excluding carboxylic acids is 1. The van der Waals surface area contributed by atoms with Crippen LogP contribution in [0.1, 0.15) is 38.8 Å². The minimum atomic E-state index is 0.0252. The fourth-order valence-electron chi connectivity index (χ4n) is 3.57. The molecule has 0 spiro atoms. The highest BCUT2D eigenvalue weighted by Gasteiger charge is 2.34. The monoisotopic (exact) mass is 435 g/mol. The predicted octanol–water partition coefficient (Wildman–Crippen LogP) is 6.17. The van der Waals surface area contributed by atoms with E-state index in [4.69, 9.17) is 4.99 Å². The lowest BCUT2D eigenvalue weighted by Crippen LogP contribution is -2.43. The summed E-state index contributed by atoms with van der Waals surface area (Å²) in [6, 6.07) is 18.1. The van der Waals surface area contributed by atoms with Crippen LogP contribution in [-0.2, 0) is 4.79 Å². The molecule has 4 nitrogen and oxygen atoms in total. The van der Waals surface area contributed by atoms with Gasteiger partial charge >= 0.3 is 0 Å². The summed E-state index contributed by atoms with van der Waals surface area (Å²) in [4.78, 5) is 23.2. The first kappa shape index (κ1) is 23.3. The molecule has 1 amide bonds. The van der Waals surface area contributed by atoms with Crippen molar-refractivity contribution in [2.75, 3.05) is 19.8 Å². The fourth-order valence-corrected chi connectivity index (χ4v) is 4.56. The molecule has 0 N–H and O–H groups in total. The highest BCUT2D eigenvalue weighted by atomic mass is 32.2. The van der Waals surface area contributed by atoms with Crippen molar-refractivity contribution in [2.24, 2.45) is 16.8 Å². The number of rotatable bonds is 8. The van der Waals surface area contributed by atoms with E-state index in [9.17, 15) is 4.79 Å². The molecule has 2 aromatic rings. The molecule has 1 aliphatic heterocycles. The van der Waals surface area contributed by atoms with Gasteiger partial charge in [-0.05, 0) is 54.3 Å². The summed E-state index contributed by atoms with van der Waals surface area (Å²) in [7, 11) is 0. The molecule has 3 rings (SSSR count). The number of hydrogen-bond acceptors (Lipinski definition) is 4. The summed E-state index contributed by atoms with van der Waals surface area (Å²) in [6.07, 6.45) is 1.97. The van der Waals surface area contributed by atoms with E-state index < -0.39 is 0 Å². The molecular formula is C26H33N3OS. The highest BCUT2D eigenvalue weighted by Crippen LogP contribution is 2.34. The van der Waals surface area contributed by atoms with E-state index in [1.54, 1.807) is 0 Å². The van der Waals surface area contributed by atoms with Gasteiger partial charge in [0, 0.05) is 13.1 Å². The van der Waals surface area contributed by atoms with Crippen molar-refractivity contribution in [3.05, 3.63) is 70.6 Å². The Morgan fingerprint density at radius 2 is 1.58 bits per heavy atom. The number of nitrogens with zero attached hydrogens (tertiary/aromatic N) is 3. The van der Waals surface area contributed by atoms with Crippen molar-refractivity contribution in [2.45, 2.75) is 34.6 Å². The van der Waals surface area contributed by atoms with Gasteiger partial charge in [0.25, 0.3) is 5.91 Å². The summed E-state index contributed by atoms with van der Waals surface area (Å²) in [5.74, 6) is 1.08. The lowest BCUT2D eigenvalue weighted by molar-refractivity contribution is -0.123. The van der Waals surface area contributed by atoms with Gasteiger partial charge < -0.3 is 0 Å². The van der Waals surface area contributed by atoms with Crippen LogP contribution in [-0.4, -0.2) is 40.6 Å². The Morgan fingerprint density at radius 3 is 2.16 bits per heavy atom. The molecule has 0 saturated carbocycles. The van der Waals surface area contributed by atoms with Crippen LogP contribution < -0.4 is 0 Å². The van der Waals surface area contributed by atoms with Crippen LogP contribution >= 0.6 is 11.8 Å². The third-order valence-electron chi connectivity index (χ3n) is 4.83. The Labute approximate surface area is 191 Å². The zero-order valence-corrected chi connectivity index (χ0v) is 20.0. The average Bonchev–Trinajstić information content (AvgIpc) is 2.98. The second-order valence-electron chi connectivity index (χ2n) is 8.95. The zero-order chi connectivity index (χ0) is 22.4. The molecule has 0 bridgehead atoms. The molecule has 2 aromatic carbocycles. The molecule has 0 radical (unpaired) electrons. The highest BCUT2D eigenvalue weighted by molar-refractivity contribution is 8.18. The van der Waals surface area contributed by atoms with E-state index in [-0.39, 0.29) is 5.91 Å². The van der Waals surface area contributed by atoms with Crippen LogP contribution in [0.5, 0.6) is 0 Å². The van der Waals surface area contributed by atoms with Crippen LogP contribution in [0.25, 0.3) is 6.08 Å². The first-order valence-corrected chi connectivity index (χ1v) is 11.8. The summed E-state index contributed by atoms with van der Waals surface area (Å²) >= 11 is 1.46. The minimum absolute atomic E-state index is 0.0252. The summed E-state index contributed by atoms with van der Waals surface area (Å²) in [6.45, 7) is 13.4. The molecule has 0 atom stereocenters. The van der Waals surface area contributed by atoms with E-state index in [1.165, 1.54) is 17.3 Å². The van der Waals surface area contributed by atoms with Crippen molar-refractivity contribution < 1.29 is 4.79 Å². The molecule has 5 heteroatoms. The van der Waals surface area contributed by atoms with E-state index in [0.29, 0.717) is 23.4 Å². The predicted molar refractivity (Wildman–Crippen MR) is 133 cm³/mol. The number of thioether (sulfide) groups is 1. The molecule has 1 saturated heterocycles. The van der Waals surface area contributed by atoms with Gasteiger partial charge in [0.15, 0.2) is 5.17 Å². The van der Waals surface area contributed by atoms with Crippen molar-refractivity contribution in [1.82, 2.24) is 9.80 Å². The molecule has 1 fully saturated rings. The molecule has 1 aliphatic rings. The standard InChI is InChI=1S/C26H33N3OS/c1-19(2)16-28(17-20(3)4)18-29-25(30)24(15-22-9-7-6-8-10-22)31-26(29)27-23-13-11-21(5)12-14-23/h6-15,19-20H,16-18H2,1-5H3/b24-15-,27-26?. The topological polar surface area (TPSA) is 35.9 Å². The molecular weight excluding hydrogens is 402 g/mol. The van der Waals surface area contributed by atoms with Gasteiger partial charge in [0.1, 0.15) is 0 Å². The molecule has 0 aromatic heterocycles. The average molecular weight is 436 g/mol. The lowest BCUT2D eigenvalue weighted by Gasteiger charge is -2.30. The van der Waals surface area contributed by atoms with Crippen molar-refractivity contribution in [3.63, 3.8) is 0 Å². The van der Waals surface area contributed by atoms with Gasteiger partial charge in [0.2, 0.25) is 0 Å². The van der Waals surface area contributed by atoms with Gasteiger partial charge in [-0.25, -0.2) is 4.99 Å². The number of amides is 1. The number of benzene rings is 2. The van der Waals surface area contributed by atoms with Gasteiger partial charge in [-0.15, -0.1) is 0 Å². The van der Waals surface area contributed by atoms with Gasteiger partial charge in [-0.3, -0.25) is 14.6 Å². The Hall–Kier alpha value is -2.37. The van der Waals surface area contributed by atoms with E-state index in [1.807, 2.05) is 53.4 Å². The number of carbonyl (C=O) groups is 1. The van der Waals surface area contributed by atoms with Gasteiger partial charge in [-0.1, -0.05) is 75.7 Å². The Bertz CT molecular complexity index is 923. The van der Waals surface area contributed by atoms with Crippen LogP contribution in [0.15, 0.2) is 64.5 Å². The second-order valence-corrected chi connectivity index (χ2v) is 9.96. The Balaban J connectivity index is 1.93. The molecule has 0 aliphatic carbocycles.